The van der Waals surface area contributed by atoms with E-state index in [1.165, 1.54) is 6.07 Å². The van der Waals surface area contributed by atoms with Gasteiger partial charge in [0.05, 0.1) is 12.6 Å². The maximum Gasteiger partial charge on any atom is 0.226 e. The van der Waals surface area contributed by atoms with E-state index in [2.05, 4.69) is 4.90 Å². The van der Waals surface area contributed by atoms with Crippen LogP contribution in [0.4, 0.5) is 4.39 Å². The molecule has 3 atom stereocenters. The average molecular weight is 387 g/mol. The van der Waals surface area contributed by atoms with E-state index in [1.54, 1.807) is 12.1 Å². The predicted molar refractivity (Wildman–Crippen MR) is 99.6 cm³/mol. The third-order valence-corrected chi connectivity index (χ3v) is 6.49. The minimum absolute atomic E-state index is 0.0746. The fourth-order valence-electron chi connectivity index (χ4n) is 4.83. The summed E-state index contributed by atoms with van der Waals surface area (Å²) in [6.07, 6.45) is 1.03. The monoisotopic (exact) mass is 386 g/mol. The summed E-state index contributed by atoms with van der Waals surface area (Å²) in [7, 11) is 0. The van der Waals surface area contributed by atoms with E-state index < -0.39 is 5.72 Å². The lowest BCUT2D eigenvalue weighted by molar-refractivity contribution is -0.138. The molecule has 6 heteroatoms. The van der Waals surface area contributed by atoms with Crippen LogP contribution in [0.5, 0.6) is 0 Å². The van der Waals surface area contributed by atoms with Crippen LogP contribution >= 0.6 is 11.6 Å². The maximum atomic E-state index is 14.3. The summed E-state index contributed by atoms with van der Waals surface area (Å²) in [6, 6.07) is 14.7. The highest BCUT2D eigenvalue weighted by atomic mass is 35.5. The zero-order valence-corrected chi connectivity index (χ0v) is 15.5. The second-order valence-corrected chi connectivity index (χ2v) is 7.91. The fraction of sp³-hybridized carbons (Fsp3) is 0.381. The number of likely N-dealkylation sites (tertiary alicyclic amines) is 1. The zero-order valence-electron chi connectivity index (χ0n) is 14.8. The molecule has 5 rings (SSSR count). The standard InChI is InChI=1S/C21H20ClFN2O2/c22-16-7-4-8-17(23)15(16)12-24-10-9-21-19(24)11-20(26)25(21)13-18(27-21)14-5-2-1-3-6-14/h1-8,18-19H,9-13H2/t18-,19-,21+/m1/s1. The highest BCUT2D eigenvalue weighted by molar-refractivity contribution is 6.31. The molecule has 1 spiro atoms. The van der Waals surface area contributed by atoms with Gasteiger partial charge in [0, 0.05) is 36.5 Å². The molecule has 3 fully saturated rings. The SMILES string of the molecule is O=C1C[C@H]2N(Cc3c(F)cccc3Cl)CC[C@]23O[C@@H](c2ccccc2)CN13. The third-order valence-electron chi connectivity index (χ3n) is 6.13. The number of nitrogens with zero attached hydrogens (tertiary/aromatic N) is 2. The topological polar surface area (TPSA) is 32.8 Å². The van der Waals surface area contributed by atoms with Crippen LogP contribution in [-0.2, 0) is 16.1 Å². The summed E-state index contributed by atoms with van der Waals surface area (Å²) in [6.45, 7) is 1.71. The Morgan fingerprint density at radius 3 is 2.78 bits per heavy atom. The maximum absolute atomic E-state index is 14.3. The third kappa shape index (κ3) is 2.60. The number of carbonyl (C=O) groups is 1. The number of halogens is 2. The van der Waals surface area contributed by atoms with Crippen LogP contribution in [-0.4, -0.2) is 40.6 Å². The minimum Gasteiger partial charge on any atom is -0.344 e. The molecule has 27 heavy (non-hydrogen) atoms. The van der Waals surface area contributed by atoms with E-state index >= 15 is 0 Å². The summed E-state index contributed by atoms with van der Waals surface area (Å²) in [5, 5.41) is 0.423. The van der Waals surface area contributed by atoms with Gasteiger partial charge in [-0.05, 0) is 17.7 Å². The molecule has 0 aliphatic carbocycles. The summed E-state index contributed by atoms with van der Waals surface area (Å²) >= 11 is 6.22. The van der Waals surface area contributed by atoms with Crippen molar-refractivity contribution in [3.8, 4) is 0 Å². The van der Waals surface area contributed by atoms with Crippen molar-refractivity contribution in [3.05, 3.63) is 70.5 Å². The second-order valence-electron chi connectivity index (χ2n) is 7.51. The Morgan fingerprint density at radius 1 is 1.19 bits per heavy atom. The number of amides is 1. The van der Waals surface area contributed by atoms with Gasteiger partial charge in [-0.1, -0.05) is 48.0 Å². The fourth-order valence-corrected chi connectivity index (χ4v) is 5.05. The molecule has 3 aliphatic heterocycles. The Kier molecular flexibility index (Phi) is 4.00. The van der Waals surface area contributed by atoms with Crippen molar-refractivity contribution in [2.24, 2.45) is 0 Å². The van der Waals surface area contributed by atoms with Crippen molar-refractivity contribution in [2.45, 2.75) is 37.3 Å². The first-order valence-electron chi connectivity index (χ1n) is 9.29. The van der Waals surface area contributed by atoms with Gasteiger partial charge in [-0.3, -0.25) is 9.69 Å². The van der Waals surface area contributed by atoms with Crippen LogP contribution in [0.3, 0.4) is 0 Å². The Hall–Kier alpha value is -1.95. The van der Waals surface area contributed by atoms with Gasteiger partial charge in [0.2, 0.25) is 5.91 Å². The van der Waals surface area contributed by atoms with Crippen LogP contribution < -0.4 is 0 Å². The lowest BCUT2D eigenvalue weighted by Gasteiger charge is -2.32. The van der Waals surface area contributed by atoms with Crippen molar-refractivity contribution in [3.63, 3.8) is 0 Å². The van der Waals surface area contributed by atoms with E-state index in [1.807, 2.05) is 35.2 Å². The van der Waals surface area contributed by atoms with Crippen LogP contribution in [0.2, 0.25) is 5.02 Å². The van der Waals surface area contributed by atoms with Gasteiger partial charge in [0.1, 0.15) is 11.9 Å². The second kappa shape index (κ2) is 6.30. The lowest BCUT2D eigenvalue weighted by atomic mass is 10.1. The molecule has 3 saturated heterocycles. The first-order valence-corrected chi connectivity index (χ1v) is 9.66. The van der Waals surface area contributed by atoms with Crippen molar-refractivity contribution in [1.29, 1.82) is 0 Å². The molecule has 2 aromatic rings. The number of carbonyl (C=O) groups excluding carboxylic acids is 1. The van der Waals surface area contributed by atoms with Gasteiger partial charge >= 0.3 is 0 Å². The van der Waals surface area contributed by atoms with Crippen molar-refractivity contribution < 1.29 is 13.9 Å². The molecule has 0 saturated carbocycles. The van der Waals surface area contributed by atoms with Crippen molar-refractivity contribution >= 4 is 17.5 Å². The molecule has 0 radical (unpaired) electrons. The number of hydrogen-bond donors (Lipinski definition) is 0. The largest absolute Gasteiger partial charge is 0.344 e. The lowest BCUT2D eigenvalue weighted by Crippen LogP contribution is -2.47. The quantitative estimate of drug-likeness (QED) is 0.805. The van der Waals surface area contributed by atoms with Crippen LogP contribution in [0.25, 0.3) is 0 Å². The molecule has 0 bridgehead atoms. The molecule has 4 nitrogen and oxygen atoms in total. The van der Waals surface area contributed by atoms with Gasteiger partial charge in [0.25, 0.3) is 0 Å². The van der Waals surface area contributed by atoms with Gasteiger partial charge < -0.3 is 9.64 Å². The number of rotatable bonds is 3. The molecular weight excluding hydrogens is 367 g/mol. The summed E-state index contributed by atoms with van der Waals surface area (Å²) < 4.78 is 20.8. The van der Waals surface area contributed by atoms with Gasteiger partial charge in [-0.15, -0.1) is 0 Å². The van der Waals surface area contributed by atoms with Crippen LogP contribution in [0.1, 0.15) is 30.1 Å². The molecule has 0 unspecified atom stereocenters. The highest BCUT2D eigenvalue weighted by Crippen LogP contribution is 2.51. The molecule has 3 aliphatic rings. The van der Waals surface area contributed by atoms with E-state index in [9.17, 15) is 9.18 Å². The summed E-state index contributed by atoms with van der Waals surface area (Å²) in [4.78, 5) is 16.7. The molecule has 0 N–H and O–H groups in total. The minimum atomic E-state index is -0.602. The van der Waals surface area contributed by atoms with Crippen LogP contribution in [0.15, 0.2) is 48.5 Å². The molecular formula is C21H20ClFN2O2. The number of ether oxygens (including phenoxy) is 1. The zero-order chi connectivity index (χ0) is 18.6. The molecule has 0 aromatic heterocycles. The Balaban J connectivity index is 1.43. The first-order chi connectivity index (χ1) is 13.1. The van der Waals surface area contributed by atoms with E-state index in [4.69, 9.17) is 16.3 Å². The van der Waals surface area contributed by atoms with Gasteiger partial charge in [-0.2, -0.15) is 0 Å². The van der Waals surface area contributed by atoms with Crippen molar-refractivity contribution in [2.75, 3.05) is 13.1 Å². The number of hydrogen-bond acceptors (Lipinski definition) is 3. The van der Waals surface area contributed by atoms with Gasteiger partial charge in [-0.25, -0.2) is 4.39 Å². The molecule has 1 amide bonds. The summed E-state index contributed by atoms with van der Waals surface area (Å²) in [5.41, 5.74) is 0.970. The average Bonchev–Trinajstić information content (AvgIpc) is 3.28. The highest BCUT2D eigenvalue weighted by Gasteiger charge is 2.63. The van der Waals surface area contributed by atoms with Crippen LogP contribution in [0, 0.1) is 5.82 Å². The molecule has 3 heterocycles. The van der Waals surface area contributed by atoms with Gasteiger partial charge in [0.15, 0.2) is 5.72 Å². The predicted octanol–water partition coefficient (Wildman–Crippen LogP) is 3.75. The summed E-state index contributed by atoms with van der Waals surface area (Å²) in [5.74, 6) is -0.193. The van der Waals surface area contributed by atoms with E-state index in [-0.39, 0.29) is 23.9 Å². The smallest absolute Gasteiger partial charge is 0.226 e. The van der Waals surface area contributed by atoms with Crippen molar-refractivity contribution in [1.82, 2.24) is 9.80 Å². The molecule has 140 valence electrons. The molecule has 2 aromatic carbocycles. The Bertz CT molecular complexity index is 873. The first kappa shape index (κ1) is 17.2. The Labute approximate surface area is 162 Å². The normalized spacial score (nSPS) is 30.0. The Morgan fingerprint density at radius 2 is 2.00 bits per heavy atom. The van der Waals surface area contributed by atoms with E-state index in [0.29, 0.717) is 30.1 Å². The number of benzene rings is 2. The van der Waals surface area contributed by atoms with E-state index in [0.717, 1.165) is 18.5 Å².